The maximum Gasteiger partial charge on any atom is 0.163 e. The Morgan fingerprint density at radius 2 is 1.25 bits per heavy atom. The molecule has 24 heavy (non-hydrogen) atoms. The van der Waals surface area contributed by atoms with E-state index in [9.17, 15) is 9.90 Å². The van der Waals surface area contributed by atoms with Crippen LogP contribution >= 0.6 is 0 Å². The van der Waals surface area contributed by atoms with Gasteiger partial charge in [-0.25, -0.2) is 0 Å². The molecule has 3 heteroatoms. The number of aliphatic hydroxyl groups excluding tert-OH is 2. The zero-order chi connectivity index (χ0) is 18.0. The third kappa shape index (κ3) is 14.9. The lowest BCUT2D eigenvalue weighted by Crippen LogP contribution is -2.31. The van der Waals surface area contributed by atoms with Crippen molar-refractivity contribution < 1.29 is 15.0 Å². The Kier molecular flexibility index (Phi) is 16.7. The van der Waals surface area contributed by atoms with Crippen LogP contribution in [0.15, 0.2) is 12.2 Å². The first kappa shape index (κ1) is 23.3. The van der Waals surface area contributed by atoms with Crippen molar-refractivity contribution in [2.24, 2.45) is 0 Å². The summed E-state index contributed by atoms with van der Waals surface area (Å²) in [6.45, 7) is 3.70. The number of carbonyl (C=O) groups excluding carboxylic acids is 1. The van der Waals surface area contributed by atoms with E-state index in [1.165, 1.54) is 64.7 Å². The first-order chi connectivity index (χ1) is 11.6. The number of Topliss-reactive ketones (excluding diaryl/α,β-unsaturated/α-hetero) is 1. The van der Waals surface area contributed by atoms with Gasteiger partial charge in [0.1, 0.15) is 6.10 Å². The topological polar surface area (TPSA) is 57.5 Å². The van der Waals surface area contributed by atoms with Crippen LogP contribution in [0.2, 0.25) is 0 Å². The highest BCUT2D eigenvalue weighted by Gasteiger charge is 2.19. The Morgan fingerprint density at radius 3 is 1.75 bits per heavy atom. The van der Waals surface area contributed by atoms with Crippen LogP contribution in [0.1, 0.15) is 104 Å². The van der Waals surface area contributed by atoms with Gasteiger partial charge in [-0.15, -0.1) is 0 Å². The number of carbonyl (C=O) groups is 1. The second-order valence-corrected chi connectivity index (χ2v) is 6.99. The van der Waals surface area contributed by atoms with Crippen molar-refractivity contribution >= 4 is 5.78 Å². The largest absolute Gasteiger partial charge is 0.390 e. The van der Waals surface area contributed by atoms with Crippen LogP contribution in [0.3, 0.4) is 0 Å². The Morgan fingerprint density at radius 1 is 0.792 bits per heavy atom. The summed E-state index contributed by atoms with van der Waals surface area (Å²) in [6, 6.07) is 0. The summed E-state index contributed by atoms with van der Waals surface area (Å²) in [7, 11) is 0. The Labute approximate surface area is 149 Å². The van der Waals surface area contributed by atoms with Gasteiger partial charge in [0.2, 0.25) is 0 Å². The van der Waals surface area contributed by atoms with Crippen molar-refractivity contribution in [3.8, 4) is 0 Å². The predicted molar refractivity (Wildman–Crippen MR) is 102 cm³/mol. The van der Waals surface area contributed by atoms with E-state index in [2.05, 4.69) is 19.1 Å². The summed E-state index contributed by atoms with van der Waals surface area (Å²) in [5.41, 5.74) is 0. The molecule has 0 aromatic heterocycles. The fourth-order valence-electron chi connectivity index (χ4n) is 2.79. The van der Waals surface area contributed by atoms with E-state index in [-0.39, 0.29) is 5.78 Å². The molecule has 0 radical (unpaired) electrons. The molecule has 0 saturated heterocycles. The first-order valence-corrected chi connectivity index (χ1v) is 10.1. The molecular formula is C21H40O3. The Balaban J connectivity index is 3.27. The third-order valence-corrected chi connectivity index (χ3v) is 4.47. The number of hydrogen-bond donors (Lipinski definition) is 2. The number of ketones is 1. The molecule has 0 aliphatic heterocycles. The van der Waals surface area contributed by atoms with Crippen LogP contribution in [-0.2, 0) is 4.79 Å². The molecular weight excluding hydrogens is 300 g/mol. The van der Waals surface area contributed by atoms with Crippen molar-refractivity contribution in [1.82, 2.24) is 0 Å². The molecule has 0 rings (SSSR count). The monoisotopic (exact) mass is 340 g/mol. The van der Waals surface area contributed by atoms with Crippen molar-refractivity contribution in [2.45, 2.75) is 116 Å². The summed E-state index contributed by atoms with van der Waals surface area (Å²) in [4.78, 5) is 11.5. The van der Waals surface area contributed by atoms with Gasteiger partial charge in [0.05, 0.1) is 6.10 Å². The van der Waals surface area contributed by atoms with Gasteiger partial charge in [-0.1, -0.05) is 70.4 Å². The van der Waals surface area contributed by atoms with Gasteiger partial charge < -0.3 is 10.2 Å². The molecule has 0 aromatic carbocycles. The molecule has 0 saturated carbocycles. The van der Waals surface area contributed by atoms with Gasteiger partial charge in [-0.3, -0.25) is 4.79 Å². The van der Waals surface area contributed by atoms with E-state index < -0.39 is 12.2 Å². The van der Waals surface area contributed by atoms with E-state index >= 15 is 0 Å². The number of hydrogen-bond acceptors (Lipinski definition) is 3. The molecule has 0 bridgehead atoms. The van der Waals surface area contributed by atoms with E-state index in [4.69, 9.17) is 5.11 Å². The molecule has 2 unspecified atom stereocenters. The minimum atomic E-state index is -1.21. The van der Waals surface area contributed by atoms with Crippen molar-refractivity contribution in [3.05, 3.63) is 12.2 Å². The third-order valence-electron chi connectivity index (χ3n) is 4.47. The van der Waals surface area contributed by atoms with Gasteiger partial charge in [0.25, 0.3) is 0 Å². The standard InChI is InChI=1S/C21H40O3/c1-3-4-5-6-7-8-9-10-11-12-13-14-15-16-17-18-20(23)21(24)19(2)22/h10-11,19,21-22,24H,3-9,12-18H2,1-2H3/b11-10-. The molecule has 0 amide bonds. The lowest BCUT2D eigenvalue weighted by molar-refractivity contribution is -0.132. The molecule has 142 valence electrons. The second-order valence-electron chi connectivity index (χ2n) is 6.99. The number of unbranched alkanes of at least 4 members (excludes halogenated alkanes) is 11. The fourth-order valence-corrected chi connectivity index (χ4v) is 2.79. The highest BCUT2D eigenvalue weighted by Crippen LogP contribution is 2.11. The smallest absolute Gasteiger partial charge is 0.163 e. The molecule has 0 aromatic rings. The van der Waals surface area contributed by atoms with Gasteiger partial charge in [-0.05, 0) is 39.0 Å². The van der Waals surface area contributed by atoms with Crippen molar-refractivity contribution in [3.63, 3.8) is 0 Å². The van der Waals surface area contributed by atoms with Gasteiger partial charge >= 0.3 is 0 Å². The van der Waals surface area contributed by atoms with E-state index in [0.717, 1.165) is 25.7 Å². The lowest BCUT2D eigenvalue weighted by atomic mass is 10.0. The minimum absolute atomic E-state index is 0.234. The normalized spacial score (nSPS) is 14.2. The quantitative estimate of drug-likeness (QED) is 0.278. The number of rotatable bonds is 17. The van der Waals surface area contributed by atoms with Crippen molar-refractivity contribution in [1.29, 1.82) is 0 Å². The highest BCUT2D eigenvalue weighted by molar-refractivity contribution is 5.83. The summed E-state index contributed by atoms with van der Waals surface area (Å²) < 4.78 is 0. The molecule has 3 nitrogen and oxygen atoms in total. The van der Waals surface area contributed by atoms with Crippen LogP contribution in [-0.4, -0.2) is 28.2 Å². The van der Waals surface area contributed by atoms with Crippen LogP contribution < -0.4 is 0 Å². The van der Waals surface area contributed by atoms with Crippen LogP contribution in [0.4, 0.5) is 0 Å². The molecule has 2 N–H and O–H groups in total. The van der Waals surface area contributed by atoms with Crippen LogP contribution in [0.5, 0.6) is 0 Å². The molecule has 0 fully saturated rings. The Hall–Kier alpha value is -0.670. The SMILES string of the molecule is CCCCCCCC/C=C\CCCCCCCC(=O)C(O)C(C)O. The second kappa shape index (κ2) is 17.2. The van der Waals surface area contributed by atoms with E-state index in [1.807, 2.05) is 0 Å². The predicted octanol–water partition coefficient (Wildman–Crippen LogP) is 5.33. The summed E-state index contributed by atoms with van der Waals surface area (Å²) in [5.74, 6) is -0.234. The molecule has 0 aliphatic carbocycles. The molecule has 0 aliphatic rings. The Bertz CT molecular complexity index is 310. The maximum atomic E-state index is 11.5. The van der Waals surface area contributed by atoms with Crippen LogP contribution in [0, 0.1) is 0 Å². The summed E-state index contributed by atoms with van der Waals surface area (Å²) in [5, 5.41) is 18.5. The fraction of sp³-hybridized carbons (Fsp3) is 0.857. The average molecular weight is 341 g/mol. The number of aliphatic hydroxyl groups is 2. The van der Waals surface area contributed by atoms with E-state index in [0.29, 0.717) is 6.42 Å². The lowest BCUT2D eigenvalue weighted by Gasteiger charge is -2.11. The molecule has 0 spiro atoms. The average Bonchev–Trinajstić information content (AvgIpc) is 2.57. The summed E-state index contributed by atoms with van der Waals surface area (Å²) >= 11 is 0. The van der Waals surface area contributed by atoms with Gasteiger partial charge in [-0.2, -0.15) is 0 Å². The zero-order valence-corrected chi connectivity index (χ0v) is 16.0. The van der Waals surface area contributed by atoms with E-state index in [1.54, 1.807) is 0 Å². The summed E-state index contributed by atoms with van der Waals surface area (Å²) in [6.07, 6.45) is 18.8. The zero-order valence-electron chi connectivity index (χ0n) is 16.0. The minimum Gasteiger partial charge on any atom is -0.390 e. The maximum absolute atomic E-state index is 11.5. The van der Waals surface area contributed by atoms with Crippen molar-refractivity contribution in [2.75, 3.05) is 0 Å². The first-order valence-electron chi connectivity index (χ1n) is 10.1. The van der Waals surface area contributed by atoms with Crippen LogP contribution in [0.25, 0.3) is 0 Å². The molecule has 2 atom stereocenters. The molecule has 0 heterocycles. The number of allylic oxidation sites excluding steroid dienone is 2. The van der Waals surface area contributed by atoms with Gasteiger partial charge in [0, 0.05) is 6.42 Å². The van der Waals surface area contributed by atoms with Gasteiger partial charge in [0.15, 0.2) is 5.78 Å². The highest BCUT2D eigenvalue weighted by atomic mass is 16.3.